The molecule has 1 aromatic carbocycles. The number of aromatic amines is 2. The van der Waals surface area contributed by atoms with Crippen molar-refractivity contribution >= 4 is 16.7 Å². The van der Waals surface area contributed by atoms with Crippen molar-refractivity contribution < 1.29 is 4.74 Å². The SMILES string of the molecule is CCN(CCOC)c1cc(-c2n[nH]c3ccc(-c4c[nH]ccc4=O)cc23)ccn1. The molecule has 0 bridgehead atoms. The smallest absolute Gasteiger partial charge is 0.189 e. The Morgan fingerprint density at radius 2 is 2.03 bits per heavy atom. The molecule has 0 aliphatic heterocycles. The van der Waals surface area contributed by atoms with Crippen LogP contribution in [0.2, 0.25) is 0 Å². The van der Waals surface area contributed by atoms with Crippen LogP contribution in [-0.2, 0) is 4.74 Å². The lowest BCUT2D eigenvalue weighted by molar-refractivity contribution is 0.205. The molecule has 0 unspecified atom stereocenters. The topological polar surface area (TPSA) is 86.9 Å². The Morgan fingerprint density at radius 3 is 2.83 bits per heavy atom. The first-order chi connectivity index (χ1) is 14.2. The van der Waals surface area contributed by atoms with Crippen molar-refractivity contribution in [3.63, 3.8) is 0 Å². The van der Waals surface area contributed by atoms with E-state index in [1.165, 1.54) is 6.07 Å². The van der Waals surface area contributed by atoms with E-state index >= 15 is 0 Å². The number of methoxy groups -OCH3 is 1. The summed E-state index contributed by atoms with van der Waals surface area (Å²) >= 11 is 0. The normalized spacial score (nSPS) is 11.1. The maximum atomic E-state index is 12.2. The van der Waals surface area contributed by atoms with Gasteiger partial charge in [0.1, 0.15) is 11.5 Å². The second-order valence-corrected chi connectivity index (χ2v) is 6.73. The summed E-state index contributed by atoms with van der Waals surface area (Å²) in [5.41, 5.74) is 4.19. The van der Waals surface area contributed by atoms with Gasteiger partial charge in [-0.1, -0.05) is 6.07 Å². The molecular formula is C22H23N5O2. The average Bonchev–Trinajstić information content (AvgIpc) is 3.18. The minimum absolute atomic E-state index is 0.0175. The van der Waals surface area contributed by atoms with Crippen LogP contribution in [0.1, 0.15) is 6.92 Å². The fourth-order valence-electron chi connectivity index (χ4n) is 3.42. The Labute approximate surface area is 168 Å². The summed E-state index contributed by atoms with van der Waals surface area (Å²) in [6.07, 6.45) is 5.16. The molecule has 4 aromatic rings. The average molecular weight is 389 g/mol. The van der Waals surface area contributed by atoms with E-state index in [-0.39, 0.29) is 5.43 Å². The lowest BCUT2D eigenvalue weighted by Crippen LogP contribution is -2.27. The summed E-state index contributed by atoms with van der Waals surface area (Å²) in [6, 6.07) is 11.4. The van der Waals surface area contributed by atoms with E-state index in [9.17, 15) is 4.79 Å². The first kappa shape index (κ1) is 18.9. The summed E-state index contributed by atoms with van der Waals surface area (Å²) in [5.74, 6) is 0.883. The Balaban J connectivity index is 1.77. The first-order valence-corrected chi connectivity index (χ1v) is 9.57. The van der Waals surface area contributed by atoms with Crippen molar-refractivity contribution in [1.29, 1.82) is 0 Å². The van der Waals surface area contributed by atoms with Gasteiger partial charge in [-0.15, -0.1) is 0 Å². The largest absolute Gasteiger partial charge is 0.383 e. The number of hydrogen-bond donors (Lipinski definition) is 2. The molecule has 0 saturated carbocycles. The second-order valence-electron chi connectivity index (χ2n) is 6.73. The highest BCUT2D eigenvalue weighted by Crippen LogP contribution is 2.30. The van der Waals surface area contributed by atoms with Crippen LogP contribution in [-0.4, -0.2) is 47.0 Å². The van der Waals surface area contributed by atoms with Crippen LogP contribution in [0.4, 0.5) is 5.82 Å². The summed E-state index contributed by atoms with van der Waals surface area (Å²) in [4.78, 5) is 21.9. The Hall–Kier alpha value is -3.45. The summed E-state index contributed by atoms with van der Waals surface area (Å²) in [6.45, 7) is 4.34. The fourth-order valence-corrected chi connectivity index (χ4v) is 3.42. The Kier molecular flexibility index (Phi) is 5.39. The molecule has 29 heavy (non-hydrogen) atoms. The lowest BCUT2D eigenvalue weighted by atomic mass is 10.0. The van der Waals surface area contributed by atoms with Crippen molar-refractivity contribution in [2.75, 3.05) is 31.7 Å². The number of nitrogens with zero attached hydrogens (tertiary/aromatic N) is 3. The summed E-state index contributed by atoms with van der Waals surface area (Å²) in [7, 11) is 1.70. The van der Waals surface area contributed by atoms with Crippen LogP contribution in [0, 0.1) is 0 Å². The Morgan fingerprint density at radius 1 is 1.14 bits per heavy atom. The number of fused-ring (bicyclic) bond motifs is 1. The number of H-pyrrole nitrogens is 2. The van der Waals surface area contributed by atoms with Gasteiger partial charge in [-0.2, -0.15) is 5.10 Å². The van der Waals surface area contributed by atoms with Gasteiger partial charge in [-0.3, -0.25) is 9.89 Å². The van der Waals surface area contributed by atoms with Gasteiger partial charge in [-0.05, 0) is 36.8 Å². The van der Waals surface area contributed by atoms with E-state index in [1.54, 1.807) is 25.7 Å². The Bertz CT molecular complexity index is 1180. The van der Waals surface area contributed by atoms with Gasteiger partial charge in [0.2, 0.25) is 0 Å². The minimum Gasteiger partial charge on any atom is -0.383 e. The highest BCUT2D eigenvalue weighted by molar-refractivity contribution is 5.95. The monoisotopic (exact) mass is 389 g/mol. The van der Waals surface area contributed by atoms with Gasteiger partial charge in [0.25, 0.3) is 0 Å². The predicted octanol–water partition coefficient (Wildman–Crippen LogP) is 3.45. The lowest BCUT2D eigenvalue weighted by Gasteiger charge is -2.21. The number of anilines is 1. The van der Waals surface area contributed by atoms with Crippen LogP contribution in [0.15, 0.2) is 59.8 Å². The standard InChI is InChI=1S/C22H23N5O2/c1-3-27(10-11-29-2)21-13-16(6-9-24-21)22-17-12-15(4-5-19(17)25-26-22)18-14-23-8-7-20(18)28/h4-9,12-14H,3,10-11H2,1-2H3,(H,23,28)(H,25,26). The van der Waals surface area contributed by atoms with Crippen LogP contribution >= 0.6 is 0 Å². The van der Waals surface area contributed by atoms with Gasteiger partial charge in [0, 0.05) is 61.4 Å². The van der Waals surface area contributed by atoms with Crippen molar-refractivity contribution in [2.45, 2.75) is 6.92 Å². The predicted molar refractivity (Wildman–Crippen MR) is 115 cm³/mol. The molecule has 0 amide bonds. The van der Waals surface area contributed by atoms with Crippen LogP contribution in [0.25, 0.3) is 33.3 Å². The molecule has 0 fully saturated rings. The number of likely N-dealkylation sites (N-methyl/N-ethyl adjacent to an activating group) is 1. The number of ether oxygens (including phenoxy) is 1. The number of nitrogens with one attached hydrogen (secondary N) is 2. The van der Waals surface area contributed by atoms with E-state index in [0.29, 0.717) is 12.2 Å². The maximum Gasteiger partial charge on any atom is 0.189 e. The van der Waals surface area contributed by atoms with Gasteiger partial charge in [-0.25, -0.2) is 4.98 Å². The molecule has 148 valence electrons. The van der Waals surface area contributed by atoms with Crippen LogP contribution < -0.4 is 10.3 Å². The molecule has 0 radical (unpaired) electrons. The second kappa shape index (κ2) is 8.28. The number of benzene rings is 1. The van der Waals surface area contributed by atoms with Crippen molar-refractivity contribution in [3.05, 3.63) is 65.2 Å². The molecule has 0 aliphatic carbocycles. The van der Waals surface area contributed by atoms with Gasteiger partial charge in [0.15, 0.2) is 5.43 Å². The van der Waals surface area contributed by atoms with Gasteiger partial charge in [0.05, 0.1) is 12.1 Å². The molecule has 2 N–H and O–H groups in total. The molecule has 3 aromatic heterocycles. The van der Waals surface area contributed by atoms with E-state index in [1.807, 2.05) is 30.3 Å². The van der Waals surface area contributed by atoms with E-state index in [4.69, 9.17) is 4.74 Å². The third-order valence-electron chi connectivity index (χ3n) is 4.99. The van der Waals surface area contributed by atoms with E-state index < -0.39 is 0 Å². The van der Waals surface area contributed by atoms with E-state index in [0.717, 1.165) is 46.6 Å². The molecule has 7 nitrogen and oxygen atoms in total. The molecule has 0 atom stereocenters. The molecule has 4 rings (SSSR count). The summed E-state index contributed by atoms with van der Waals surface area (Å²) in [5, 5.41) is 8.58. The zero-order valence-electron chi connectivity index (χ0n) is 16.5. The zero-order chi connectivity index (χ0) is 20.2. The quantitative estimate of drug-likeness (QED) is 0.506. The first-order valence-electron chi connectivity index (χ1n) is 9.57. The van der Waals surface area contributed by atoms with Gasteiger partial charge < -0.3 is 14.6 Å². The number of hydrogen-bond acceptors (Lipinski definition) is 5. The van der Waals surface area contributed by atoms with Crippen LogP contribution in [0.3, 0.4) is 0 Å². The summed E-state index contributed by atoms with van der Waals surface area (Å²) < 4.78 is 5.21. The maximum absolute atomic E-state index is 12.2. The van der Waals surface area contributed by atoms with Gasteiger partial charge >= 0.3 is 0 Å². The molecule has 3 heterocycles. The highest BCUT2D eigenvalue weighted by atomic mass is 16.5. The molecule has 0 aliphatic rings. The molecule has 7 heteroatoms. The van der Waals surface area contributed by atoms with Crippen molar-refractivity contribution in [3.8, 4) is 22.4 Å². The molecule has 0 spiro atoms. The zero-order valence-corrected chi connectivity index (χ0v) is 16.5. The number of pyridine rings is 2. The fraction of sp³-hybridized carbons (Fsp3) is 0.227. The third-order valence-corrected chi connectivity index (χ3v) is 4.99. The molecule has 0 saturated heterocycles. The van der Waals surface area contributed by atoms with Crippen molar-refractivity contribution in [1.82, 2.24) is 20.2 Å². The van der Waals surface area contributed by atoms with E-state index in [2.05, 4.69) is 32.0 Å². The van der Waals surface area contributed by atoms with Crippen LogP contribution in [0.5, 0.6) is 0 Å². The molecular weight excluding hydrogens is 366 g/mol. The highest BCUT2D eigenvalue weighted by Gasteiger charge is 2.13. The van der Waals surface area contributed by atoms with Crippen molar-refractivity contribution in [2.24, 2.45) is 0 Å². The third kappa shape index (κ3) is 3.77. The number of rotatable bonds is 7. The number of aromatic nitrogens is 4. The minimum atomic E-state index is -0.0175.